The lowest BCUT2D eigenvalue weighted by Gasteiger charge is -2.12. The van der Waals surface area contributed by atoms with Gasteiger partial charge in [0.25, 0.3) is 0 Å². The number of rotatable bonds is 6. The molecule has 3 nitrogen and oxygen atoms in total. The summed E-state index contributed by atoms with van der Waals surface area (Å²) < 4.78 is 14.9. The van der Waals surface area contributed by atoms with E-state index >= 15 is 0 Å². The van der Waals surface area contributed by atoms with Gasteiger partial charge in [0.05, 0.1) is 19.8 Å². The van der Waals surface area contributed by atoms with Crippen LogP contribution in [0.4, 0.5) is 0 Å². The maximum Gasteiger partial charge on any atom is 0.332 e. The molecule has 0 unspecified atom stereocenters. The smallest absolute Gasteiger partial charge is 0.312 e. The maximum absolute atomic E-state index is 4.95. The molecule has 0 spiro atoms. The molecule has 0 aliphatic rings. The van der Waals surface area contributed by atoms with Crippen molar-refractivity contribution >= 4 is 8.60 Å². The van der Waals surface area contributed by atoms with E-state index in [-0.39, 0.29) is 0 Å². The first-order chi connectivity index (χ1) is 4.85. The Morgan fingerprint density at radius 2 is 1.10 bits per heavy atom. The fraction of sp³-hybridized carbons (Fsp3) is 0.500. The van der Waals surface area contributed by atoms with Crippen LogP contribution < -0.4 is 0 Å². The van der Waals surface area contributed by atoms with Crippen LogP contribution in [0.3, 0.4) is 0 Å². The minimum absolute atomic E-state index is 0.339. The van der Waals surface area contributed by atoms with Crippen LogP contribution in [-0.2, 0) is 13.6 Å². The van der Waals surface area contributed by atoms with Crippen LogP contribution in [0.2, 0.25) is 0 Å². The lowest BCUT2D eigenvalue weighted by atomic mass is 10.9. The van der Waals surface area contributed by atoms with Crippen molar-refractivity contribution in [2.75, 3.05) is 19.8 Å². The summed E-state index contributed by atoms with van der Waals surface area (Å²) >= 11 is 0. The van der Waals surface area contributed by atoms with Crippen LogP contribution in [0.5, 0.6) is 0 Å². The minimum Gasteiger partial charge on any atom is -0.312 e. The molecule has 0 aromatic carbocycles. The summed E-state index contributed by atoms with van der Waals surface area (Å²) in [6.07, 6.45) is 0. The topological polar surface area (TPSA) is 27.7 Å². The Hall–Kier alpha value is 0.310. The standard InChI is InChI=1S/C6H12O3P/c1-4-7-10(8-5-2)9-6-3/h1-6H2. The van der Waals surface area contributed by atoms with Gasteiger partial charge in [0, 0.05) is 0 Å². The van der Waals surface area contributed by atoms with E-state index in [0.717, 1.165) is 0 Å². The first kappa shape index (κ1) is 10.3. The van der Waals surface area contributed by atoms with Crippen molar-refractivity contribution in [2.24, 2.45) is 0 Å². The second kappa shape index (κ2) is 7.42. The summed E-state index contributed by atoms with van der Waals surface area (Å²) in [5, 5.41) is 0. The fourth-order valence-electron chi connectivity index (χ4n) is 0.335. The summed E-state index contributed by atoms with van der Waals surface area (Å²) in [6.45, 7) is 11.5. The van der Waals surface area contributed by atoms with Crippen LogP contribution in [-0.4, -0.2) is 19.8 Å². The van der Waals surface area contributed by atoms with E-state index in [1.165, 1.54) is 0 Å². The summed E-state index contributed by atoms with van der Waals surface area (Å²) in [5.74, 6) is 0. The van der Waals surface area contributed by atoms with Crippen molar-refractivity contribution in [3.05, 3.63) is 20.8 Å². The minimum atomic E-state index is -1.25. The van der Waals surface area contributed by atoms with Crippen molar-refractivity contribution in [2.45, 2.75) is 0 Å². The van der Waals surface area contributed by atoms with Gasteiger partial charge >= 0.3 is 8.60 Å². The van der Waals surface area contributed by atoms with Crippen LogP contribution in [0.1, 0.15) is 0 Å². The Morgan fingerprint density at radius 1 is 0.800 bits per heavy atom. The number of hydrogen-bond donors (Lipinski definition) is 0. The van der Waals surface area contributed by atoms with Gasteiger partial charge in [-0.05, 0) is 20.8 Å². The molecule has 0 amide bonds. The van der Waals surface area contributed by atoms with Crippen LogP contribution in [0, 0.1) is 20.8 Å². The molecule has 0 aliphatic carbocycles. The average molecular weight is 163 g/mol. The van der Waals surface area contributed by atoms with Crippen molar-refractivity contribution in [3.63, 3.8) is 0 Å². The second-order valence-electron chi connectivity index (χ2n) is 1.22. The van der Waals surface area contributed by atoms with E-state index in [0.29, 0.717) is 19.8 Å². The van der Waals surface area contributed by atoms with Gasteiger partial charge in [-0.2, -0.15) is 0 Å². The zero-order valence-electron chi connectivity index (χ0n) is 5.91. The Labute approximate surface area is 63.7 Å². The maximum atomic E-state index is 4.95. The van der Waals surface area contributed by atoms with Crippen molar-refractivity contribution in [1.82, 2.24) is 0 Å². The molecule has 0 heterocycles. The Kier molecular flexibility index (Phi) is 7.65. The van der Waals surface area contributed by atoms with E-state index in [2.05, 4.69) is 20.8 Å². The predicted molar refractivity (Wildman–Crippen MR) is 40.8 cm³/mol. The Balaban J connectivity index is 3.30. The normalized spacial score (nSPS) is 10.8. The summed E-state index contributed by atoms with van der Waals surface area (Å²) in [7, 11) is -1.25. The molecular weight excluding hydrogens is 151 g/mol. The van der Waals surface area contributed by atoms with E-state index in [1.54, 1.807) is 0 Å². The molecule has 0 saturated heterocycles. The van der Waals surface area contributed by atoms with Gasteiger partial charge in [-0.25, -0.2) is 0 Å². The molecule has 0 fully saturated rings. The molecule has 4 heteroatoms. The Bertz CT molecular complexity index is 55.7. The third kappa shape index (κ3) is 5.12. The molecule has 0 saturated carbocycles. The summed E-state index contributed by atoms with van der Waals surface area (Å²) in [6, 6.07) is 0. The first-order valence-electron chi connectivity index (χ1n) is 2.91. The van der Waals surface area contributed by atoms with E-state index in [4.69, 9.17) is 13.6 Å². The highest BCUT2D eigenvalue weighted by Gasteiger charge is 2.07. The fourth-order valence-corrected chi connectivity index (χ4v) is 1.01. The van der Waals surface area contributed by atoms with E-state index in [9.17, 15) is 0 Å². The highest BCUT2D eigenvalue weighted by Crippen LogP contribution is 2.38. The summed E-state index contributed by atoms with van der Waals surface area (Å²) in [5.41, 5.74) is 0. The van der Waals surface area contributed by atoms with Gasteiger partial charge in [-0.15, -0.1) is 0 Å². The molecule has 59 valence electrons. The summed E-state index contributed by atoms with van der Waals surface area (Å²) in [4.78, 5) is 0. The molecule has 0 rings (SSSR count). The molecule has 0 bridgehead atoms. The van der Waals surface area contributed by atoms with Crippen LogP contribution >= 0.6 is 8.60 Å². The van der Waals surface area contributed by atoms with Crippen molar-refractivity contribution < 1.29 is 13.6 Å². The van der Waals surface area contributed by atoms with Crippen LogP contribution in [0.25, 0.3) is 0 Å². The van der Waals surface area contributed by atoms with Gasteiger partial charge in [-0.3, -0.25) is 0 Å². The Morgan fingerprint density at radius 3 is 1.30 bits per heavy atom. The molecule has 0 atom stereocenters. The van der Waals surface area contributed by atoms with Gasteiger partial charge in [0.2, 0.25) is 0 Å². The van der Waals surface area contributed by atoms with Gasteiger partial charge in [-0.1, -0.05) is 0 Å². The highest BCUT2D eigenvalue weighted by molar-refractivity contribution is 7.41. The lowest BCUT2D eigenvalue weighted by Crippen LogP contribution is -1.94. The molecule has 10 heavy (non-hydrogen) atoms. The van der Waals surface area contributed by atoms with Crippen molar-refractivity contribution in [3.8, 4) is 0 Å². The zero-order valence-corrected chi connectivity index (χ0v) is 6.81. The zero-order chi connectivity index (χ0) is 7.82. The van der Waals surface area contributed by atoms with Gasteiger partial charge in [0.15, 0.2) is 0 Å². The third-order valence-corrected chi connectivity index (χ3v) is 1.77. The number of hydrogen-bond acceptors (Lipinski definition) is 3. The quantitative estimate of drug-likeness (QED) is 0.558. The molecular formula is C6H12O3P. The SMILES string of the molecule is [CH2]COP(OC[CH2])OC[CH2]. The van der Waals surface area contributed by atoms with Gasteiger partial charge in [0.1, 0.15) is 0 Å². The largest absolute Gasteiger partial charge is 0.332 e. The molecule has 3 radical (unpaired) electrons. The average Bonchev–Trinajstić information content (AvgIpc) is 1.90. The van der Waals surface area contributed by atoms with Crippen LogP contribution in [0.15, 0.2) is 0 Å². The molecule has 0 aromatic rings. The van der Waals surface area contributed by atoms with E-state index in [1.807, 2.05) is 0 Å². The monoisotopic (exact) mass is 163 g/mol. The second-order valence-corrected chi connectivity index (χ2v) is 2.45. The highest BCUT2D eigenvalue weighted by atomic mass is 31.2. The van der Waals surface area contributed by atoms with Crippen molar-refractivity contribution in [1.29, 1.82) is 0 Å². The van der Waals surface area contributed by atoms with E-state index < -0.39 is 8.60 Å². The molecule has 0 aromatic heterocycles. The predicted octanol–water partition coefficient (Wildman–Crippen LogP) is 1.77. The first-order valence-corrected chi connectivity index (χ1v) is 4.01. The third-order valence-electron chi connectivity index (χ3n) is 0.590. The molecule has 0 aliphatic heterocycles. The lowest BCUT2D eigenvalue weighted by molar-refractivity contribution is 0.193. The van der Waals surface area contributed by atoms with Gasteiger partial charge < -0.3 is 13.6 Å². The molecule has 0 N–H and O–H groups in total.